The Balaban J connectivity index is 2.12. The Morgan fingerprint density at radius 3 is 2.55 bits per heavy atom. The van der Waals surface area contributed by atoms with E-state index in [9.17, 15) is 17.2 Å². The monoisotopic (exact) mass is 305 g/mol. The topological polar surface area (TPSA) is 55.4 Å². The fourth-order valence-electron chi connectivity index (χ4n) is 2.16. The smallest absolute Gasteiger partial charge is 0.341 e. The fourth-order valence-corrected chi connectivity index (χ4v) is 3.07. The van der Waals surface area contributed by atoms with Crippen LogP contribution in [0.5, 0.6) is 0 Å². The predicted molar refractivity (Wildman–Crippen MR) is 71.7 cm³/mol. The molecule has 1 N–H and O–H groups in total. The zero-order valence-corrected chi connectivity index (χ0v) is 11.7. The minimum absolute atomic E-state index is 0.235. The van der Waals surface area contributed by atoms with Gasteiger partial charge >= 0.3 is 5.76 Å². The molecule has 7 heteroatoms. The van der Waals surface area contributed by atoms with Gasteiger partial charge in [0.05, 0.1) is 10.6 Å². The third-order valence-corrected chi connectivity index (χ3v) is 4.79. The van der Waals surface area contributed by atoms with Gasteiger partial charge < -0.3 is 10.1 Å². The number of hydrogen-bond donors (Lipinski definition) is 1. The molecule has 0 aliphatic carbocycles. The normalized spacial score (nSPS) is 17.4. The lowest BCUT2D eigenvalue weighted by Gasteiger charge is -2.23. The molecule has 1 heterocycles. The van der Waals surface area contributed by atoms with Crippen LogP contribution in [0.4, 0.5) is 14.5 Å². The van der Waals surface area contributed by atoms with Crippen LogP contribution in [-0.2, 0) is 14.6 Å². The molecule has 0 atom stereocenters. The molecule has 2 rings (SSSR count). The van der Waals surface area contributed by atoms with E-state index in [1.54, 1.807) is 6.07 Å². The average molecular weight is 305 g/mol. The van der Waals surface area contributed by atoms with Gasteiger partial charge in [0.25, 0.3) is 0 Å². The summed E-state index contributed by atoms with van der Waals surface area (Å²) in [6.45, 7) is 1.92. The number of sulfone groups is 1. The van der Waals surface area contributed by atoms with Gasteiger partial charge in [0.1, 0.15) is 0 Å². The van der Waals surface area contributed by atoms with Crippen molar-refractivity contribution in [3.8, 4) is 0 Å². The second-order valence-electron chi connectivity index (χ2n) is 4.74. The van der Waals surface area contributed by atoms with Crippen molar-refractivity contribution >= 4 is 15.5 Å². The molecule has 0 bridgehead atoms. The highest BCUT2D eigenvalue weighted by Crippen LogP contribution is 2.26. The predicted octanol–water partition coefficient (Wildman–Crippen LogP) is 2.52. The lowest BCUT2D eigenvalue weighted by Crippen LogP contribution is -2.23. The van der Waals surface area contributed by atoms with E-state index < -0.39 is 15.6 Å². The Morgan fingerprint density at radius 1 is 1.25 bits per heavy atom. The number of para-hydroxylation sites is 1. The van der Waals surface area contributed by atoms with E-state index in [1.165, 1.54) is 18.2 Å². The van der Waals surface area contributed by atoms with Gasteiger partial charge in [-0.3, -0.25) is 0 Å². The molecule has 1 aromatic carbocycles. The first-order valence-electron chi connectivity index (χ1n) is 6.44. The minimum atomic E-state index is -4.58. The zero-order valence-electron chi connectivity index (χ0n) is 10.9. The molecule has 0 aromatic heterocycles. The van der Waals surface area contributed by atoms with Crippen molar-refractivity contribution in [3.63, 3.8) is 0 Å². The number of hydrogen-bond acceptors (Lipinski definition) is 4. The third kappa shape index (κ3) is 3.46. The number of rotatable bonds is 5. The van der Waals surface area contributed by atoms with Gasteiger partial charge in [0, 0.05) is 19.8 Å². The van der Waals surface area contributed by atoms with Gasteiger partial charge in [-0.15, -0.1) is 0 Å². The van der Waals surface area contributed by atoms with E-state index in [1.807, 2.05) is 0 Å². The van der Waals surface area contributed by atoms with Gasteiger partial charge in [-0.05, 0) is 30.9 Å². The molecule has 1 aliphatic heterocycles. The van der Waals surface area contributed by atoms with Crippen LogP contribution in [0.15, 0.2) is 29.2 Å². The lowest BCUT2D eigenvalue weighted by atomic mass is 10.0. The van der Waals surface area contributed by atoms with E-state index in [0.717, 1.165) is 12.8 Å². The van der Waals surface area contributed by atoms with Crippen molar-refractivity contribution in [1.82, 2.24) is 0 Å². The second kappa shape index (κ2) is 6.49. The number of benzene rings is 1. The van der Waals surface area contributed by atoms with Crippen LogP contribution >= 0.6 is 0 Å². The summed E-state index contributed by atoms with van der Waals surface area (Å²) < 4.78 is 53.7. The first kappa shape index (κ1) is 15.2. The number of ether oxygens (including phenoxy) is 1. The van der Waals surface area contributed by atoms with E-state index in [2.05, 4.69) is 5.32 Å². The van der Waals surface area contributed by atoms with E-state index in [-0.39, 0.29) is 10.6 Å². The molecule has 4 nitrogen and oxygen atoms in total. The van der Waals surface area contributed by atoms with E-state index >= 15 is 0 Å². The molecule has 0 amide bonds. The van der Waals surface area contributed by atoms with Gasteiger partial charge in [0.15, 0.2) is 0 Å². The van der Waals surface area contributed by atoms with Crippen LogP contribution in [-0.4, -0.2) is 33.9 Å². The summed E-state index contributed by atoms with van der Waals surface area (Å²) >= 11 is 0. The SMILES string of the molecule is O=S(=O)(c1ccccc1NCC1CCOCC1)C(F)F. The molecular formula is C13H17F2NO3S. The summed E-state index contributed by atoms with van der Waals surface area (Å²) in [5.41, 5.74) is 0.235. The van der Waals surface area contributed by atoms with Crippen molar-refractivity contribution in [2.24, 2.45) is 5.92 Å². The molecule has 0 spiro atoms. The summed E-state index contributed by atoms with van der Waals surface area (Å²) in [5.74, 6) is -3.04. The molecule has 0 unspecified atom stereocenters. The third-order valence-electron chi connectivity index (χ3n) is 3.35. The maximum absolute atomic E-state index is 12.6. The highest BCUT2D eigenvalue weighted by molar-refractivity contribution is 7.91. The first-order valence-corrected chi connectivity index (χ1v) is 7.99. The van der Waals surface area contributed by atoms with Gasteiger partial charge in [-0.25, -0.2) is 8.42 Å². The van der Waals surface area contributed by atoms with Crippen LogP contribution in [0, 0.1) is 5.92 Å². The Hall–Kier alpha value is -1.21. The zero-order chi connectivity index (χ0) is 14.6. The van der Waals surface area contributed by atoms with Gasteiger partial charge in [-0.1, -0.05) is 12.1 Å². The van der Waals surface area contributed by atoms with Crippen LogP contribution < -0.4 is 5.32 Å². The molecule has 112 valence electrons. The molecule has 1 aromatic rings. The van der Waals surface area contributed by atoms with Gasteiger partial charge in [-0.2, -0.15) is 8.78 Å². The van der Waals surface area contributed by atoms with Gasteiger partial charge in [0.2, 0.25) is 9.84 Å². The summed E-state index contributed by atoms with van der Waals surface area (Å²) in [5, 5.41) is 2.98. The molecule has 1 aliphatic rings. The Bertz CT molecular complexity index is 542. The molecule has 0 saturated carbocycles. The summed E-state index contributed by atoms with van der Waals surface area (Å²) in [6.07, 6.45) is 1.77. The standard InChI is InChI=1S/C13H17F2NO3S/c14-13(15)20(17,18)12-4-2-1-3-11(12)16-9-10-5-7-19-8-6-10/h1-4,10,13,16H,5-9H2. The van der Waals surface area contributed by atoms with Crippen molar-refractivity contribution in [1.29, 1.82) is 0 Å². The highest BCUT2D eigenvalue weighted by atomic mass is 32.2. The van der Waals surface area contributed by atoms with Crippen LogP contribution in [0.2, 0.25) is 0 Å². The number of alkyl halides is 2. The summed E-state index contributed by atoms with van der Waals surface area (Å²) in [7, 11) is -4.58. The van der Waals surface area contributed by atoms with Crippen molar-refractivity contribution in [2.75, 3.05) is 25.1 Å². The Labute approximate surface area is 117 Å². The Morgan fingerprint density at radius 2 is 1.90 bits per heavy atom. The first-order chi connectivity index (χ1) is 9.51. The van der Waals surface area contributed by atoms with E-state index in [4.69, 9.17) is 4.74 Å². The summed E-state index contributed by atoms with van der Waals surface area (Å²) in [6, 6.07) is 5.77. The largest absolute Gasteiger partial charge is 0.384 e. The van der Waals surface area contributed by atoms with Crippen LogP contribution in [0.1, 0.15) is 12.8 Å². The number of halogens is 2. The Kier molecular flexibility index (Phi) is 4.93. The molecule has 20 heavy (non-hydrogen) atoms. The van der Waals surface area contributed by atoms with Crippen molar-refractivity contribution in [3.05, 3.63) is 24.3 Å². The quantitative estimate of drug-likeness (QED) is 0.908. The number of nitrogens with one attached hydrogen (secondary N) is 1. The molecule has 1 saturated heterocycles. The van der Waals surface area contributed by atoms with Crippen LogP contribution in [0.3, 0.4) is 0 Å². The maximum atomic E-state index is 12.6. The van der Waals surface area contributed by atoms with Crippen molar-refractivity contribution < 1.29 is 21.9 Å². The maximum Gasteiger partial charge on any atom is 0.341 e. The van der Waals surface area contributed by atoms with E-state index in [0.29, 0.717) is 25.7 Å². The van der Waals surface area contributed by atoms with Crippen LogP contribution in [0.25, 0.3) is 0 Å². The summed E-state index contributed by atoms with van der Waals surface area (Å²) in [4.78, 5) is -0.345. The fraction of sp³-hybridized carbons (Fsp3) is 0.538. The molecule has 0 radical (unpaired) electrons. The average Bonchev–Trinajstić information content (AvgIpc) is 2.46. The second-order valence-corrected chi connectivity index (χ2v) is 6.62. The minimum Gasteiger partial charge on any atom is -0.384 e. The lowest BCUT2D eigenvalue weighted by molar-refractivity contribution is 0.0699. The molecule has 1 fully saturated rings. The molecular weight excluding hydrogens is 288 g/mol. The van der Waals surface area contributed by atoms with Crippen molar-refractivity contribution in [2.45, 2.75) is 23.5 Å². The highest BCUT2D eigenvalue weighted by Gasteiger charge is 2.29. The number of anilines is 1.